The summed E-state index contributed by atoms with van der Waals surface area (Å²) in [6.07, 6.45) is 2.64. The van der Waals surface area contributed by atoms with Gasteiger partial charge in [0.2, 0.25) is 0 Å². The smallest absolute Gasteiger partial charge is 0.180 e. The molecule has 2 atom stereocenters. The number of furan rings is 1. The van der Waals surface area contributed by atoms with Crippen LogP contribution >= 0.6 is 0 Å². The predicted molar refractivity (Wildman–Crippen MR) is 102 cm³/mol. The van der Waals surface area contributed by atoms with Crippen LogP contribution in [0.3, 0.4) is 0 Å². The minimum absolute atomic E-state index is 0.0445. The average molecular weight is 363 g/mol. The zero-order valence-corrected chi connectivity index (χ0v) is 15.3. The Bertz CT molecular complexity index is 1040. The zero-order valence-electron chi connectivity index (χ0n) is 15.3. The summed E-state index contributed by atoms with van der Waals surface area (Å²) in [5.41, 5.74) is 3.64. The van der Waals surface area contributed by atoms with Crippen molar-refractivity contribution in [2.45, 2.75) is 25.9 Å². The van der Waals surface area contributed by atoms with E-state index in [1.807, 2.05) is 56.3 Å². The van der Waals surface area contributed by atoms with E-state index in [9.17, 15) is 5.11 Å². The minimum atomic E-state index is -0.371. The predicted octanol–water partition coefficient (Wildman–Crippen LogP) is 4.99. The fourth-order valence-corrected chi connectivity index (χ4v) is 3.07. The molecular formula is C22H21NO4. The van der Waals surface area contributed by atoms with Gasteiger partial charge in [-0.2, -0.15) is 0 Å². The Morgan fingerprint density at radius 3 is 2.78 bits per heavy atom. The molecule has 0 radical (unpaired) electrons. The number of ether oxygens (including phenoxy) is 1. The summed E-state index contributed by atoms with van der Waals surface area (Å²) in [6, 6.07) is 15.8. The number of aryl methyl sites for hydroxylation is 1. The molecule has 0 saturated carbocycles. The maximum absolute atomic E-state index is 9.34. The highest BCUT2D eigenvalue weighted by molar-refractivity contribution is 5.79. The SMILES string of the molecule is Cc1cccc(C(Oc2ccc3oc(C(C)CO)cc3c2)c2cocn2)c1. The monoisotopic (exact) mass is 363 g/mol. The van der Waals surface area contributed by atoms with E-state index in [1.54, 1.807) is 6.26 Å². The Morgan fingerprint density at radius 1 is 1.15 bits per heavy atom. The van der Waals surface area contributed by atoms with E-state index < -0.39 is 0 Å². The van der Waals surface area contributed by atoms with Crippen LogP contribution in [-0.2, 0) is 0 Å². The Hall–Kier alpha value is -3.05. The number of benzene rings is 2. The maximum atomic E-state index is 9.34. The lowest BCUT2D eigenvalue weighted by atomic mass is 10.0. The molecule has 5 nitrogen and oxygen atoms in total. The Kier molecular flexibility index (Phi) is 4.69. The number of nitrogens with zero attached hydrogens (tertiary/aromatic N) is 1. The molecule has 2 heterocycles. The van der Waals surface area contributed by atoms with Crippen LogP contribution in [0.25, 0.3) is 11.0 Å². The molecule has 4 rings (SSSR count). The van der Waals surface area contributed by atoms with Gasteiger partial charge in [0.1, 0.15) is 29.0 Å². The van der Waals surface area contributed by atoms with Crippen LogP contribution in [0, 0.1) is 6.92 Å². The molecule has 138 valence electrons. The van der Waals surface area contributed by atoms with E-state index >= 15 is 0 Å². The standard InChI is InChI=1S/C22H21NO4/c1-14-4-3-5-16(8-14)22(19-12-25-13-23-19)26-18-6-7-20-17(9-18)10-21(27-20)15(2)11-24/h3-10,12-13,15,22,24H,11H2,1-2H3. The van der Waals surface area contributed by atoms with E-state index in [-0.39, 0.29) is 18.6 Å². The van der Waals surface area contributed by atoms with Crippen molar-refractivity contribution in [1.82, 2.24) is 4.98 Å². The third-order valence-corrected chi connectivity index (χ3v) is 4.59. The quantitative estimate of drug-likeness (QED) is 0.522. The molecule has 5 heteroatoms. The molecule has 0 aliphatic carbocycles. The van der Waals surface area contributed by atoms with Crippen molar-refractivity contribution in [3.63, 3.8) is 0 Å². The highest BCUT2D eigenvalue weighted by Gasteiger charge is 2.20. The van der Waals surface area contributed by atoms with Gasteiger partial charge in [0.05, 0.1) is 6.61 Å². The lowest BCUT2D eigenvalue weighted by molar-refractivity contribution is 0.242. The summed E-state index contributed by atoms with van der Waals surface area (Å²) >= 11 is 0. The summed E-state index contributed by atoms with van der Waals surface area (Å²) in [6.45, 7) is 4.02. The maximum Gasteiger partial charge on any atom is 0.180 e. The van der Waals surface area contributed by atoms with Gasteiger partial charge in [0, 0.05) is 11.3 Å². The molecule has 0 aliphatic heterocycles. The number of oxazole rings is 1. The second-order valence-electron chi connectivity index (χ2n) is 6.76. The number of rotatable bonds is 6. The van der Waals surface area contributed by atoms with Crippen LogP contribution in [0.15, 0.2) is 70.0 Å². The van der Waals surface area contributed by atoms with E-state index in [2.05, 4.69) is 11.1 Å². The first-order chi connectivity index (χ1) is 13.1. The van der Waals surface area contributed by atoms with Gasteiger partial charge in [-0.25, -0.2) is 4.98 Å². The Labute approximate surface area is 157 Å². The number of fused-ring (bicyclic) bond motifs is 1. The van der Waals surface area contributed by atoms with Crippen LogP contribution in [0.4, 0.5) is 0 Å². The first-order valence-electron chi connectivity index (χ1n) is 8.89. The molecule has 2 unspecified atom stereocenters. The van der Waals surface area contributed by atoms with E-state index in [0.717, 1.165) is 27.9 Å². The molecule has 27 heavy (non-hydrogen) atoms. The van der Waals surface area contributed by atoms with Crippen molar-refractivity contribution in [2.75, 3.05) is 6.61 Å². The largest absolute Gasteiger partial charge is 0.479 e. The number of aromatic nitrogens is 1. The molecule has 0 spiro atoms. The third-order valence-electron chi connectivity index (χ3n) is 4.59. The van der Waals surface area contributed by atoms with Gasteiger partial charge in [-0.1, -0.05) is 36.8 Å². The molecule has 0 amide bonds. The van der Waals surface area contributed by atoms with Crippen molar-refractivity contribution < 1.29 is 18.7 Å². The van der Waals surface area contributed by atoms with Gasteiger partial charge in [0.25, 0.3) is 0 Å². The fraction of sp³-hybridized carbons (Fsp3) is 0.227. The first-order valence-corrected chi connectivity index (χ1v) is 8.89. The van der Waals surface area contributed by atoms with Crippen molar-refractivity contribution in [2.24, 2.45) is 0 Å². The molecule has 2 aromatic carbocycles. The molecule has 0 saturated heterocycles. The molecule has 4 aromatic rings. The topological polar surface area (TPSA) is 68.6 Å². The van der Waals surface area contributed by atoms with Gasteiger partial charge in [-0.05, 0) is 36.8 Å². The minimum Gasteiger partial charge on any atom is -0.479 e. The summed E-state index contributed by atoms with van der Waals surface area (Å²) < 4.78 is 17.3. The van der Waals surface area contributed by atoms with Crippen molar-refractivity contribution in [3.05, 3.63) is 83.8 Å². The lowest BCUT2D eigenvalue weighted by Crippen LogP contribution is -2.10. The van der Waals surface area contributed by atoms with Gasteiger partial charge < -0.3 is 18.7 Å². The molecule has 1 N–H and O–H groups in total. The van der Waals surface area contributed by atoms with Crippen LogP contribution in [-0.4, -0.2) is 16.7 Å². The second-order valence-corrected chi connectivity index (χ2v) is 6.76. The number of aliphatic hydroxyl groups excluding tert-OH is 1. The number of hydrogen-bond donors (Lipinski definition) is 1. The highest BCUT2D eigenvalue weighted by atomic mass is 16.5. The van der Waals surface area contributed by atoms with Gasteiger partial charge >= 0.3 is 0 Å². The van der Waals surface area contributed by atoms with Crippen LogP contribution < -0.4 is 4.74 Å². The van der Waals surface area contributed by atoms with Crippen molar-refractivity contribution >= 4 is 11.0 Å². The summed E-state index contributed by atoms with van der Waals surface area (Å²) in [7, 11) is 0. The normalized spacial score (nSPS) is 13.6. The van der Waals surface area contributed by atoms with Crippen LogP contribution in [0.1, 0.15) is 41.5 Å². The summed E-state index contributed by atoms with van der Waals surface area (Å²) in [5.74, 6) is 1.43. The fourth-order valence-electron chi connectivity index (χ4n) is 3.07. The van der Waals surface area contributed by atoms with Gasteiger partial charge in [0.15, 0.2) is 12.5 Å². The second kappa shape index (κ2) is 7.29. The summed E-state index contributed by atoms with van der Waals surface area (Å²) in [5, 5.41) is 10.3. The van der Waals surface area contributed by atoms with E-state index in [4.69, 9.17) is 13.6 Å². The Morgan fingerprint density at radius 2 is 2.04 bits per heavy atom. The molecule has 2 aromatic heterocycles. The lowest BCUT2D eigenvalue weighted by Gasteiger charge is -2.18. The number of aliphatic hydroxyl groups is 1. The molecular weight excluding hydrogens is 342 g/mol. The highest BCUT2D eigenvalue weighted by Crippen LogP contribution is 2.32. The summed E-state index contributed by atoms with van der Waals surface area (Å²) in [4.78, 5) is 4.28. The first kappa shape index (κ1) is 17.4. The van der Waals surface area contributed by atoms with Crippen LogP contribution in [0.2, 0.25) is 0 Å². The van der Waals surface area contributed by atoms with E-state index in [1.165, 1.54) is 6.39 Å². The van der Waals surface area contributed by atoms with Crippen LogP contribution in [0.5, 0.6) is 5.75 Å². The zero-order chi connectivity index (χ0) is 18.8. The average Bonchev–Trinajstić information content (AvgIpc) is 3.34. The molecule has 0 aliphatic rings. The number of hydrogen-bond acceptors (Lipinski definition) is 5. The molecule has 0 fully saturated rings. The Balaban J connectivity index is 1.68. The van der Waals surface area contributed by atoms with E-state index in [0.29, 0.717) is 11.4 Å². The molecule has 0 bridgehead atoms. The van der Waals surface area contributed by atoms with Gasteiger partial charge in [-0.3, -0.25) is 0 Å². The van der Waals surface area contributed by atoms with Crippen molar-refractivity contribution in [1.29, 1.82) is 0 Å². The third kappa shape index (κ3) is 3.59. The van der Waals surface area contributed by atoms with Gasteiger partial charge in [-0.15, -0.1) is 0 Å². The van der Waals surface area contributed by atoms with Crippen molar-refractivity contribution in [3.8, 4) is 5.75 Å².